The SMILES string of the molecule is C.CN1CCN(C)CCN(CC(CCCc2ccccc2)N(CC(=O)O)CC(=O)O)CCN(C)CC1.COO.O=CO.O=CO. The van der Waals surface area contributed by atoms with Crippen molar-refractivity contribution in [3.63, 3.8) is 0 Å². The average molecular weight is 648 g/mol. The smallest absolute Gasteiger partial charge is 0.317 e. The average Bonchev–Trinajstić information content (AvgIpc) is 2.96. The second-order valence-electron chi connectivity index (χ2n) is 10.3. The predicted molar refractivity (Wildman–Crippen MR) is 173 cm³/mol. The van der Waals surface area contributed by atoms with Crippen LogP contribution in [0.3, 0.4) is 0 Å². The van der Waals surface area contributed by atoms with Crippen molar-refractivity contribution in [3.05, 3.63) is 35.9 Å². The number of carboxylic acids is 2. The molecule has 1 aliphatic heterocycles. The van der Waals surface area contributed by atoms with Crippen molar-refractivity contribution in [2.24, 2.45) is 0 Å². The first-order valence-corrected chi connectivity index (χ1v) is 14.3. The molecule has 1 atom stereocenters. The summed E-state index contributed by atoms with van der Waals surface area (Å²) in [6.45, 7) is 7.28. The van der Waals surface area contributed by atoms with Crippen LogP contribution in [-0.2, 0) is 30.5 Å². The number of likely N-dealkylation sites (N-methyl/N-ethyl adjacent to an activating group) is 3. The van der Waals surface area contributed by atoms with E-state index >= 15 is 0 Å². The first-order chi connectivity index (χ1) is 21.0. The molecule has 0 radical (unpaired) electrons. The fourth-order valence-electron chi connectivity index (χ4n) is 4.47. The van der Waals surface area contributed by atoms with Crippen LogP contribution >= 0.6 is 0 Å². The Morgan fingerprint density at radius 1 is 0.822 bits per heavy atom. The Morgan fingerprint density at radius 3 is 1.53 bits per heavy atom. The molecule has 5 N–H and O–H groups in total. The molecule has 1 heterocycles. The summed E-state index contributed by atoms with van der Waals surface area (Å²) in [5.74, 6) is -1.98. The zero-order chi connectivity index (χ0) is 33.8. The highest BCUT2D eigenvalue weighted by Gasteiger charge is 2.25. The van der Waals surface area contributed by atoms with Crippen LogP contribution in [0.2, 0.25) is 0 Å². The van der Waals surface area contributed by atoms with Crippen LogP contribution in [0.4, 0.5) is 0 Å². The van der Waals surface area contributed by atoms with Crippen LogP contribution in [0, 0.1) is 0 Å². The van der Waals surface area contributed by atoms with Gasteiger partial charge < -0.3 is 35.1 Å². The van der Waals surface area contributed by atoms with E-state index in [9.17, 15) is 19.8 Å². The van der Waals surface area contributed by atoms with Crippen molar-refractivity contribution in [2.45, 2.75) is 32.7 Å². The van der Waals surface area contributed by atoms with Gasteiger partial charge in [0.25, 0.3) is 12.9 Å². The van der Waals surface area contributed by atoms with Crippen molar-refractivity contribution in [2.75, 3.05) is 100 Å². The third-order valence-electron chi connectivity index (χ3n) is 6.83. The molecule has 15 nitrogen and oxygen atoms in total. The van der Waals surface area contributed by atoms with Crippen LogP contribution in [0.1, 0.15) is 25.8 Å². The number of benzene rings is 1. The monoisotopic (exact) mass is 647 g/mol. The van der Waals surface area contributed by atoms with Crippen LogP contribution in [0.5, 0.6) is 0 Å². The molecule has 0 bridgehead atoms. The van der Waals surface area contributed by atoms with Crippen LogP contribution in [-0.4, -0.2) is 181 Å². The Hall–Kier alpha value is -3.18. The van der Waals surface area contributed by atoms with Crippen LogP contribution in [0.25, 0.3) is 0 Å². The summed E-state index contributed by atoms with van der Waals surface area (Å²) in [4.78, 5) is 54.2. The molecule has 45 heavy (non-hydrogen) atoms. The van der Waals surface area contributed by atoms with E-state index in [1.165, 1.54) is 12.7 Å². The number of carboxylic acid groups (broad SMARTS) is 4. The van der Waals surface area contributed by atoms with Gasteiger partial charge in [0.05, 0.1) is 20.2 Å². The van der Waals surface area contributed by atoms with Gasteiger partial charge in [0.2, 0.25) is 0 Å². The molecule has 0 amide bonds. The molecule has 0 aromatic heterocycles. The lowest BCUT2D eigenvalue weighted by Crippen LogP contribution is -2.51. The maximum Gasteiger partial charge on any atom is 0.317 e. The molecule has 0 saturated carbocycles. The van der Waals surface area contributed by atoms with E-state index in [2.05, 4.69) is 57.8 Å². The molecule has 1 fully saturated rings. The number of rotatable bonds is 11. The Kier molecular flexibility index (Phi) is 31.7. The fraction of sp³-hybridized carbons (Fsp3) is 0.667. The standard InChI is InChI=1S/C26H45N5O4.CH4O2.2CH2O2.CH4/c1-27-12-14-28(2)16-18-30(19-17-29(3)15-13-27)20-24(31(21-25(32)33)22-26(34)35)11-7-10-23-8-5-4-6-9-23;1-3-2;2*2-1-3;/h4-6,8-9,24H,7,10-22H2,1-3H3,(H,32,33)(H,34,35);2H,1H3;2*1H,(H,2,3);1H4. The number of hydrogen-bond acceptors (Lipinski definition) is 11. The van der Waals surface area contributed by atoms with E-state index in [0.717, 1.165) is 71.6 Å². The van der Waals surface area contributed by atoms with Gasteiger partial charge in [0.1, 0.15) is 0 Å². The van der Waals surface area contributed by atoms with E-state index < -0.39 is 11.9 Å². The van der Waals surface area contributed by atoms with Crippen molar-refractivity contribution >= 4 is 24.9 Å². The molecule has 1 aromatic rings. The quantitative estimate of drug-likeness (QED) is 0.130. The maximum absolute atomic E-state index is 11.6. The van der Waals surface area contributed by atoms with Crippen molar-refractivity contribution in [1.82, 2.24) is 24.5 Å². The zero-order valence-electron chi connectivity index (χ0n) is 26.5. The molecule has 0 aliphatic carbocycles. The first-order valence-electron chi connectivity index (χ1n) is 14.3. The summed E-state index contributed by atoms with van der Waals surface area (Å²) in [6.07, 6.45) is 2.52. The van der Waals surface area contributed by atoms with E-state index in [0.29, 0.717) is 6.54 Å². The van der Waals surface area contributed by atoms with E-state index in [1.54, 1.807) is 4.90 Å². The van der Waals surface area contributed by atoms with Crippen molar-refractivity contribution in [3.8, 4) is 0 Å². The third-order valence-corrected chi connectivity index (χ3v) is 6.83. The van der Waals surface area contributed by atoms with Gasteiger partial charge in [-0.2, -0.15) is 0 Å². The third kappa shape index (κ3) is 28.1. The lowest BCUT2D eigenvalue weighted by atomic mass is 10.0. The van der Waals surface area contributed by atoms with Gasteiger partial charge in [-0.1, -0.05) is 37.8 Å². The normalized spacial score (nSPS) is 15.9. The molecule has 1 saturated heterocycles. The molecule has 15 heteroatoms. The Morgan fingerprint density at radius 2 is 1.18 bits per heavy atom. The number of aryl methyl sites for hydroxylation is 1. The molecule has 262 valence electrons. The van der Waals surface area contributed by atoms with Gasteiger partial charge in [-0.3, -0.25) is 34.2 Å². The molecule has 1 unspecified atom stereocenters. The largest absolute Gasteiger partial charge is 0.483 e. The summed E-state index contributed by atoms with van der Waals surface area (Å²) in [5.41, 5.74) is 1.24. The molecule has 2 rings (SSSR count). The van der Waals surface area contributed by atoms with Gasteiger partial charge in [0.15, 0.2) is 0 Å². The van der Waals surface area contributed by atoms with Gasteiger partial charge in [-0.05, 0) is 46.0 Å². The first kappa shape index (κ1) is 46.2. The molecule has 1 aliphatic rings. The van der Waals surface area contributed by atoms with Gasteiger partial charge in [-0.15, -0.1) is 0 Å². The minimum atomic E-state index is -0.989. The lowest BCUT2D eigenvalue weighted by Gasteiger charge is -2.36. The minimum absolute atomic E-state index is 0. The topological polar surface area (TPSA) is 195 Å². The second kappa shape index (κ2) is 30.8. The highest BCUT2D eigenvalue weighted by molar-refractivity contribution is 5.72. The number of hydrogen-bond donors (Lipinski definition) is 5. The summed E-state index contributed by atoms with van der Waals surface area (Å²) in [5, 5.41) is 39.8. The molecular formula is C30H57N5O10. The molecular weight excluding hydrogens is 590 g/mol. The Labute approximate surface area is 268 Å². The Bertz CT molecular complexity index is 829. The number of carbonyl (C=O) groups is 4. The van der Waals surface area contributed by atoms with Crippen molar-refractivity contribution in [1.29, 1.82) is 0 Å². The lowest BCUT2D eigenvalue weighted by molar-refractivity contribution is -0.214. The summed E-state index contributed by atoms with van der Waals surface area (Å²) >= 11 is 0. The zero-order valence-corrected chi connectivity index (χ0v) is 26.5. The fourth-order valence-corrected chi connectivity index (χ4v) is 4.47. The number of aliphatic carboxylic acids is 2. The highest BCUT2D eigenvalue weighted by atomic mass is 17.1. The highest BCUT2D eigenvalue weighted by Crippen LogP contribution is 2.14. The van der Waals surface area contributed by atoms with Crippen molar-refractivity contribution < 1.29 is 49.7 Å². The van der Waals surface area contributed by atoms with E-state index in [4.69, 9.17) is 25.1 Å². The van der Waals surface area contributed by atoms with Gasteiger partial charge in [0, 0.05) is 64.9 Å². The summed E-state index contributed by atoms with van der Waals surface area (Å²) in [6, 6.07) is 10.1. The summed E-state index contributed by atoms with van der Waals surface area (Å²) in [7, 11) is 7.63. The van der Waals surface area contributed by atoms with Gasteiger partial charge >= 0.3 is 11.9 Å². The number of nitrogens with zero attached hydrogens (tertiary/aromatic N) is 5. The molecule has 0 spiro atoms. The van der Waals surface area contributed by atoms with Crippen LogP contribution < -0.4 is 0 Å². The minimum Gasteiger partial charge on any atom is -0.483 e. The van der Waals surface area contributed by atoms with E-state index in [-0.39, 0.29) is 39.5 Å². The molecule has 1 aromatic carbocycles. The van der Waals surface area contributed by atoms with E-state index in [1.807, 2.05) is 18.2 Å². The maximum atomic E-state index is 11.6. The second-order valence-corrected chi connectivity index (χ2v) is 10.3. The van der Waals surface area contributed by atoms with Crippen LogP contribution in [0.15, 0.2) is 30.3 Å². The predicted octanol–water partition coefficient (Wildman–Crippen LogP) is 1.10. The Balaban J connectivity index is -0.00000157. The van der Waals surface area contributed by atoms with Gasteiger partial charge in [-0.25, -0.2) is 4.89 Å². The summed E-state index contributed by atoms with van der Waals surface area (Å²) < 4.78 is 0.